The number of ether oxygens (including phenoxy) is 1. The number of amides is 1. The lowest BCUT2D eigenvalue weighted by atomic mass is 9.69. The first-order valence-corrected chi connectivity index (χ1v) is 14.5. The standard InChI is InChI=1S/C32H42N4O4/c1-5-6-19-40-27-17-7-22(8-18-27)20-28(35-31(37)24-9-13-25(14-10-24)32(2,3)4)30-33-21-29(34-30)23-11-15-26(16-12-23)36(38)39/h7-8,11-12,15-18,21,24-25,28H,5-6,9-10,13-14,19-20H2,1-4H3,(H,33,34)(H,35,37). The Morgan fingerprint density at radius 3 is 2.38 bits per heavy atom. The molecule has 1 saturated carbocycles. The van der Waals surface area contributed by atoms with Crippen LogP contribution in [0.25, 0.3) is 11.3 Å². The van der Waals surface area contributed by atoms with E-state index in [2.05, 4.69) is 43.0 Å². The minimum atomic E-state index is -0.414. The topological polar surface area (TPSA) is 110 Å². The molecule has 0 saturated heterocycles. The van der Waals surface area contributed by atoms with Crippen LogP contribution in [0.2, 0.25) is 0 Å². The van der Waals surface area contributed by atoms with Crippen LogP contribution in [0.1, 0.15) is 83.6 Å². The highest BCUT2D eigenvalue weighted by Gasteiger charge is 2.33. The molecule has 8 nitrogen and oxygen atoms in total. The third-order valence-electron chi connectivity index (χ3n) is 8.08. The molecule has 1 amide bonds. The lowest BCUT2D eigenvalue weighted by molar-refractivity contribution is -0.384. The summed E-state index contributed by atoms with van der Waals surface area (Å²) in [5, 5.41) is 14.3. The summed E-state index contributed by atoms with van der Waals surface area (Å²) >= 11 is 0. The first-order chi connectivity index (χ1) is 19.1. The van der Waals surface area contributed by atoms with Crippen LogP contribution in [0.15, 0.2) is 54.7 Å². The Labute approximate surface area is 237 Å². The van der Waals surface area contributed by atoms with Gasteiger partial charge in [-0.15, -0.1) is 0 Å². The van der Waals surface area contributed by atoms with Crippen molar-refractivity contribution in [2.24, 2.45) is 17.3 Å². The number of H-pyrrole nitrogens is 1. The van der Waals surface area contributed by atoms with Gasteiger partial charge in [-0.1, -0.05) is 46.2 Å². The summed E-state index contributed by atoms with van der Waals surface area (Å²) < 4.78 is 5.81. The van der Waals surface area contributed by atoms with E-state index in [1.165, 1.54) is 12.1 Å². The second-order valence-electron chi connectivity index (χ2n) is 12.0. The van der Waals surface area contributed by atoms with E-state index in [1.54, 1.807) is 18.3 Å². The van der Waals surface area contributed by atoms with Gasteiger partial charge in [-0.05, 0) is 79.7 Å². The molecule has 40 heavy (non-hydrogen) atoms. The third-order valence-corrected chi connectivity index (χ3v) is 8.08. The second-order valence-corrected chi connectivity index (χ2v) is 12.0. The summed E-state index contributed by atoms with van der Waals surface area (Å²) in [7, 11) is 0. The molecule has 0 aliphatic heterocycles. The fourth-order valence-electron chi connectivity index (χ4n) is 5.44. The maximum Gasteiger partial charge on any atom is 0.269 e. The number of imidazole rings is 1. The summed E-state index contributed by atoms with van der Waals surface area (Å²) in [6.07, 6.45) is 8.33. The first kappa shape index (κ1) is 29.3. The molecule has 1 heterocycles. The predicted octanol–water partition coefficient (Wildman–Crippen LogP) is 7.42. The van der Waals surface area contributed by atoms with Crippen molar-refractivity contribution < 1.29 is 14.5 Å². The molecule has 1 aromatic heterocycles. The number of aromatic nitrogens is 2. The number of non-ortho nitro benzene ring substituents is 1. The van der Waals surface area contributed by atoms with Crippen molar-refractivity contribution in [3.8, 4) is 17.0 Å². The number of aromatic amines is 1. The molecular formula is C32H42N4O4. The van der Waals surface area contributed by atoms with Gasteiger partial charge in [-0.25, -0.2) is 4.98 Å². The number of nitrogens with zero attached hydrogens (tertiary/aromatic N) is 2. The maximum absolute atomic E-state index is 13.5. The van der Waals surface area contributed by atoms with Gasteiger partial charge < -0.3 is 15.0 Å². The monoisotopic (exact) mass is 546 g/mol. The minimum absolute atomic E-state index is 0.000420. The molecule has 2 N–H and O–H groups in total. The normalized spacial score (nSPS) is 18.2. The van der Waals surface area contributed by atoms with E-state index in [0.29, 0.717) is 24.8 Å². The molecule has 0 bridgehead atoms. The number of carbonyl (C=O) groups is 1. The molecule has 8 heteroatoms. The highest BCUT2D eigenvalue weighted by molar-refractivity contribution is 5.79. The molecular weight excluding hydrogens is 504 g/mol. The van der Waals surface area contributed by atoms with Crippen molar-refractivity contribution >= 4 is 11.6 Å². The average Bonchev–Trinajstić information content (AvgIpc) is 3.44. The molecule has 1 aliphatic carbocycles. The van der Waals surface area contributed by atoms with Crippen molar-refractivity contribution in [3.63, 3.8) is 0 Å². The Hall–Kier alpha value is -3.68. The molecule has 1 unspecified atom stereocenters. The molecule has 0 radical (unpaired) electrons. The molecule has 1 fully saturated rings. The van der Waals surface area contributed by atoms with Crippen molar-refractivity contribution in [1.82, 2.24) is 15.3 Å². The van der Waals surface area contributed by atoms with Gasteiger partial charge >= 0.3 is 0 Å². The lowest BCUT2D eigenvalue weighted by Crippen LogP contribution is -2.38. The third kappa shape index (κ3) is 7.71. The van der Waals surface area contributed by atoms with Crippen molar-refractivity contribution in [2.45, 2.75) is 78.7 Å². The van der Waals surface area contributed by atoms with Gasteiger partial charge in [0.15, 0.2) is 0 Å². The minimum Gasteiger partial charge on any atom is -0.494 e. The van der Waals surface area contributed by atoms with E-state index in [1.807, 2.05) is 24.3 Å². The van der Waals surface area contributed by atoms with Crippen LogP contribution in [0, 0.1) is 27.4 Å². The Bertz CT molecular complexity index is 1250. The zero-order valence-electron chi connectivity index (χ0n) is 24.1. The van der Waals surface area contributed by atoms with Gasteiger partial charge in [0.2, 0.25) is 5.91 Å². The molecule has 1 aliphatic rings. The van der Waals surface area contributed by atoms with Crippen LogP contribution >= 0.6 is 0 Å². The summed E-state index contributed by atoms with van der Waals surface area (Å²) in [6, 6.07) is 14.0. The fourth-order valence-corrected chi connectivity index (χ4v) is 5.44. The maximum atomic E-state index is 13.5. The van der Waals surface area contributed by atoms with E-state index in [0.717, 1.165) is 61.1 Å². The van der Waals surface area contributed by atoms with Gasteiger partial charge in [0.05, 0.1) is 29.5 Å². The van der Waals surface area contributed by atoms with Crippen LogP contribution in [0.3, 0.4) is 0 Å². The number of nitrogens with one attached hydrogen (secondary N) is 2. The summed E-state index contributed by atoms with van der Waals surface area (Å²) in [4.78, 5) is 32.1. The van der Waals surface area contributed by atoms with E-state index in [4.69, 9.17) is 4.74 Å². The van der Waals surface area contributed by atoms with Crippen LogP contribution in [-0.2, 0) is 11.2 Å². The van der Waals surface area contributed by atoms with Crippen molar-refractivity contribution in [2.75, 3.05) is 6.61 Å². The Balaban J connectivity index is 1.50. The first-order valence-electron chi connectivity index (χ1n) is 14.5. The van der Waals surface area contributed by atoms with E-state index < -0.39 is 4.92 Å². The Morgan fingerprint density at radius 2 is 1.77 bits per heavy atom. The SMILES string of the molecule is CCCCOc1ccc(CC(NC(=O)C2CCC(C(C)(C)C)CC2)c2ncc(-c3ccc([N+](=O)[O-])cc3)[nH]2)cc1. The molecule has 1 atom stereocenters. The molecule has 214 valence electrons. The molecule has 3 aromatic rings. The number of unbranched alkanes of at least 4 members (excludes halogenated alkanes) is 1. The van der Waals surface area contributed by atoms with Crippen LogP contribution in [0.4, 0.5) is 5.69 Å². The van der Waals surface area contributed by atoms with Gasteiger partial charge in [0.25, 0.3) is 5.69 Å². The van der Waals surface area contributed by atoms with Gasteiger partial charge in [-0.3, -0.25) is 14.9 Å². The highest BCUT2D eigenvalue weighted by Crippen LogP contribution is 2.40. The number of carbonyl (C=O) groups excluding carboxylic acids is 1. The van der Waals surface area contributed by atoms with Crippen LogP contribution < -0.4 is 10.1 Å². The van der Waals surface area contributed by atoms with Crippen LogP contribution in [-0.4, -0.2) is 27.4 Å². The summed E-state index contributed by atoms with van der Waals surface area (Å²) in [5.74, 6) is 2.21. The predicted molar refractivity (Wildman–Crippen MR) is 157 cm³/mol. The number of rotatable bonds is 11. The zero-order valence-corrected chi connectivity index (χ0v) is 24.1. The van der Waals surface area contributed by atoms with Crippen LogP contribution in [0.5, 0.6) is 5.75 Å². The lowest BCUT2D eigenvalue weighted by Gasteiger charge is -2.36. The van der Waals surface area contributed by atoms with E-state index in [-0.39, 0.29) is 29.0 Å². The Morgan fingerprint density at radius 1 is 1.10 bits per heavy atom. The molecule has 4 rings (SSSR count). The summed E-state index contributed by atoms with van der Waals surface area (Å²) in [6.45, 7) is 9.69. The smallest absolute Gasteiger partial charge is 0.269 e. The zero-order chi connectivity index (χ0) is 28.7. The summed E-state index contributed by atoms with van der Waals surface area (Å²) in [5.41, 5.74) is 2.91. The van der Waals surface area contributed by atoms with Crippen molar-refractivity contribution in [1.29, 1.82) is 0 Å². The quantitative estimate of drug-likeness (QED) is 0.148. The van der Waals surface area contributed by atoms with Gasteiger partial charge in [0, 0.05) is 23.6 Å². The molecule has 0 spiro atoms. The highest BCUT2D eigenvalue weighted by atomic mass is 16.6. The van der Waals surface area contributed by atoms with E-state index >= 15 is 0 Å². The number of nitro benzene ring substituents is 1. The van der Waals surface area contributed by atoms with E-state index in [9.17, 15) is 14.9 Å². The number of hydrogen-bond donors (Lipinski definition) is 2. The van der Waals surface area contributed by atoms with Crippen molar-refractivity contribution in [3.05, 3.63) is 76.2 Å². The molecule has 2 aromatic carbocycles. The average molecular weight is 547 g/mol. The van der Waals surface area contributed by atoms with Gasteiger partial charge in [0.1, 0.15) is 11.6 Å². The van der Waals surface area contributed by atoms with Gasteiger partial charge in [-0.2, -0.15) is 0 Å². The number of nitro groups is 1. The number of hydrogen-bond acceptors (Lipinski definition) is 5. The Kier molecular flexibility index (Phi) is 9.61. The fraction of sp³-hybridized carbons (Fsp3) is 0.500. The second kappa shape index (κ2) is 13.1. The number of benzene rings is 2. The largest absolute Gasteiger partial charge is 0.494 e.